The van der Waals surface area contributed by atoms with Crippen LogP contribution in [0.4, 0.5) is 11.6 Å². The van der Waals surface area contributed by atoms with Crippen molar-refractivity contribution < 1.29 is 0 Å². The third-order valence-electron chi connectivity index (χ3n) is 2.67. The Labute approximate surface area is 94.4 Å². The highest BCUT2D eigenvalue weighted by Crippen LogP contribution is 2.24. The van der Waals surface area contributed by atoms with Crippen molar-refractivity contribution in [3.05, 3.63) is 5.56 Å². The summed E-state index contributed by atoms with van der Waals surface area (Å²) in [4.78, 5) is 0. The molecule has 6 heteroatoms. The average molecular weight is 220 g/mol. The summed E-state index contributed by atoms with van der Waals surface area (Å²) in [6.45, 7) is 5.77. The van der Waals surface area contributed by atoms with Crippen molar-refractivity contribution in [3.8, 4) is 6.07 Å². The number of hydrogen-bond donors (Lipinski definition) is 3. The molecule has 0 saturated carbocycles. The molecule has 86 valence electrons. The van der Waals surface area contributed by atoms with E-state index in [1.165, 1.54) is 0 Å². The van der Waals surface area contributed by atoms with E-state index in [0.29, 0.717) is 23.2 Å². The molecule has 1 saturated heterocycles. The van der Waals surface area contributed by atoms with E-state index in [0.717, 1.165) is 13.1 Å². The van der Waals surface area contributed by atoms with Crippen LogP contribution in [0.5, 0.6) is 0 Å². The fraction of sp³-hybridized carbons (Fsp3) is 0.600. The molecule has 0 amide bonds. The minimum absolute atomic E-state index is 0.155. The van der Waals surface area contributed by atoms with Crippen molar-refractivity contribution in [3.63, 3.8) is 0 Å². The normalized spacial score (nSPS) is 15.9. The summed E-state index contributed by atoms with van der Waals surface area (Å²) in [6, 6.07) is 2.61. The quantitative estimate of drug-likeness (QED) is 0.681. The summed E-state index contributed by atoms with van der Waals surface area (Å²) in [7, 11) is 0. The molecule has 0 atom stereocenters. The van der Waals surface area contributed by atoms with Crippen LogP contribution in [0, 0.1) is 11.3 Å². The summed E-state index contributed by atoms with van der Waals surface area (Å²) in [5.74, 6) is 1.03. The molecule has 1 aliphatic rings. The van der Waals surface area contributed by atoms with Gasteiger partial charge in [-0.15, -0.1) is 0 Å². The number of nitrogens with one attached hydrogen (secondary N) is 2. The lowest BCUT2D eigenvalue weighted by Crippen LogP contribution is -2.51. The standard InChI is InChI=1S/C10H16N6/c1-6(2)16-9(12)8(3-11)10(15-16)14-7-4-13-5-7/h6-7,13H,4-5,12H2,1-2H3,(H,14,15). The molecule has 1 aliphatic heterocycles. The van der Waals surface area contributed by atoms with Gasteiger partial charge < -0.3 is 16.4 Å². The van der Waals surface area contributed by atoms with Crippen LogP contribution >= 0.6 is 0 Å². The molecule has 2 heterocycles. The monoisotopic (exact) mass is 220 g/mol. The topological polar surface area (TPSA) is 91.7 Å². The molecule has 1 fully saturated rings. The largest absolute Gasteiger partial charge is 0.383 e. The second-order valence-corrected chi connectivity index (χ2v) is 4.26. The van der Waals surface area contributed by atoms with Gasteiger partial charge in [0.1, 0.15) is 17.5 Å². The zero-order chi connectivity index (χ0) is 11.7. The van der Waals surface area contributed by atoms with Crippen LogP contribution in [0.15, 0.2) is 0 Å². The van der Waals surface area contributed by atoms with Gasteiger partial charge in [0, 0.05) is 19.1 Å². The SMILES string of the molecule is CC(C)n1nc(NC2CNC2)c(C#N)c1N. The van der Waals surface area contributed by atoms with E-state index in [1.807, 2.05) is 13.8 Å². The first-order valence-electron chi connectivity index (χ1n) is 5.38. The molecule has 0 unspecified atom stereocenters. The van der Waals surface area contributed by atoms with Gasteiger partial charge in [0.2, 0.25) is 0 Å². The molecule has 1 aromatic heterocycles. The van der Waals surface area contributed by atoms with Gasteiger partial charge >= 0.3 is 0 Å². The van der Waals surface area contributed by atoms with Gasteiger partial charge in [-0.2, -0.15) is 10.4 Å². The summed E-state index contributed by atoms with van der Waals surface area (Å²) >= 11 is 0. The molecule has 6 nitrogen and oxygen atoms in total. The number of nitriles is 1. The average Bonchev–Trinajstić information content (AvgIpc) is 2.48. The minimum atomic E-state index is 0.155. The van der Waals surface area contributed by atoms with Crippen LogP contribution in [-0.4, -0.2) is 28.9 Å². The van der Waals surface area contributed by atoms with Crippen LogP contribution in [0.2, 0.25) is 0 Å². The van der Waals surface area contributed by atoms with Crippen molar-refractivity contribution >= 4 is 11.6 Å². The van der Waals surface area contributed by atoms with Crippen LogP contribution < -0.4 is 16.4 Å². The van der Waals surface area contributed by atoms with E-state index in [-0.39, 0.29) is 6.04 Å². The molecular weight excluding hydrogens is 204 g/mol. The smallest absolute Gasteiger partial charge is 0.168 e. The molecular formula is C10H16N6. The Morgan fingerprint density at radius 3 is 2.75 bits per heavy atom. The molecule has 1 aromatic rings. The van der Waals surface area contributed by atoms with E-state index < -0.39 is 0 Å². The van der Waals surface area contributed by atoms with E-state index in [2.05, 4.69) is 21.8 Å². The first kappa shape index (κ1) is 10.8. The minimum Gasteiger partial charge on any atom is -0.383 e. The molecule has 0 bridgehead atoms. The number of nitrogens with two attached hydrogens (primary N) is 1. The lowest BCUT2D eigenvalue weighted by molar-refractivity contribution is 0.468. The van der Waals surface area contributed by atoms with Crippen molar-refractivity contribution in [1.82, 2.24) is 15.1 Å². The number of nitrogens with zero attached hydrogens (tertiary/aromatic N) is 3. The Morgan fingerprint density at radius 2 is 2.31 bits per heavy atom. The third-order valence-corrected chi connectivity index (χ3v) is 2.67. The summed E-state index contributed by atoms with van der Waals surface area (Å²) < 4.78 is 1.67. The van der Waals surface area contributed by atoms with E-state index in [1.54, 1.807) is 4.68 Å². The Morgan fingerprint density at radius 1 is 1.62 bits per heavy atom. The van der Waals surface area contributed by atoms with Gasteiger partial charge in [0.15, 0.2) is 5.82 Å². The number of rotatable bonds is 3. The van der Waals surface area contributed by atoms with Gasteiger partial charge in [-0.1, -0.05) is 0 Å². The van der Waals surface area contributed by atoms with Crippen LogP contribution in [0.3, 0.4) is 0 Å². The Balaban J connectivity index is 2.29. The highest BCUT2D eigenvalue weighted by Gasteiger charge is 2.22. The van der Waals surface area contributed by atoms with Gasteiger partial charge in [-0.25, -0.2) is 4.68 Å². The van der Waals surface area contributed by atoms with Crippen LogP contribution in [0.1, 0.15) is 25.5 Å². The van der Waals surface area contributed by atoms with Crippen molar-refractivity contribution in [1.29, 1.82) is 5.26 Å². The molecule has 0 aromatic carbocycles. The molecule has 4 N–H and O–H groups in total. The first-order chi connectivity index (χ1) is 7.63. The first-order valence-corrected chi connectivity index (χ1v) is 5.38. The van der Waals surface area contributed by atoms with Crippen molar-refractivity contribution in [2.75, 3.05) is 24.1 Å². The number of nitrogen functional groups attached to an aromatic ring is 1. The zero-order valence-corrected chi connectivity index (χ0v) is 9.49. The number of anilines is 2. The summed E-state index contributed by atoms with van der Waals surface area (Å²) in [5, 5.41) is 19.8. The molecule has 2 rings (SSSR count). The van der Waals surface area contributed by atoms with Gasteiger partial charge in [0.25, 0.3) is 0 Å². The predicted molar refractivity (Wildman–Crippen MR) is 62.0 cm³/mol. The van der Waals surface area contributed by atoms with Gasteiger partial charge in [-0.3, -0.25) is 0 Å². The van der Waals surface area contributed by atoms with E-state index in [4.69, 9.17) is 11.0 Å². The maximum absolute atomic E-state index is 9.06. The summed E-state index contributed by atoms with van der Waals surface area (Å²) in [6.07, 6.45) is 0. The Bertz CT molecular complexity index is 423. The third kappa shape index (κ3) is 1.70. The maximum atomic E-state index is 9.06. The lowest BCUT2D eigenvalue weighted by Gasteiger charge is -2.27. The maximum Gasteiger partial charge on any atom is 0.168 e. The van der Waals surface area contributed by atoms with E-state index in [9.17, 15) is 0 Å². The predicted octanol–water partition coefficient (Wildman–Crippen LogP) is 0.302. The highest BCUT2D eigenvalue weighted by atomic mass is 15.4. The number of hydrogen-bond acceptors (Lipinski definition) is 5. The van der Waals surface area contributed by atoms with Crippen LogP contribution in [-0.2, 0) is 0 Å². The second kappa shape index (κ2) is 4.02. The van der Waals surface area contributed by atoms with Gasteiger partial charge in [0.05, 0.1) is 6.04 Å². The fourth-order valence-corrected chi connectivity index (χ4v) is 1.64. The molecule has 0 aliphatic carbocycles. The highest BCUT2D eigenvalue weighted by molar-refractivity contribution is 5.64. The van der Waals surface area contributed by atoms with Crippen molar-refractivity contribution in [2.24, 2.45) is 0 Å². The Hall–Kier alpha value is -1.74. The van der Waals surface area contributed by atoms with Gasteiger partial charge in [-0.05, 0) is 13.8 Å². The zero-order valence-electron chi connectivity index (χ0n) is 9.49. The molecule has 16 heavy (non-hydrogen) atoms. The molecule has 0 spiro atoms. The summed E-state index contributed by atoms with van der Waals surface area (Å²) in [5.41, 5.74) is 6.32. The molecule has 0 radical (unpaired) electrons. The second-order valence-electron chi connectivity index (χ2n) is 4.26. The number of aromatic nitrogens is 2. The Kier molecular flexibility index (Phi) is 2.71. The fourth-order valence-electron chi connectivity index (χ4n) is 1.64. The van der Waals surface area contributed by atoms with Crippen molar-refractivity contribution in [2.45, 2.75) is 25.9 Å². The van der Waals surface area contributed by atoms with Crippen LogP contribution in [0.25, 0.3) is 0 Å². The lowest BCUT2D eigenvalue weighted by atomic mass is 10.2. The van der Waals surface area contributed by atoms with E-state index >= 15 is 0 Å².